The number of halogens is 2. The van der Waals surface area contributed by atoms with Gasteiger partial charge in [0.05, 0.1) is 0 Å². The largest absolute Gasteiger partial charge is 0.0958 e. The molecule has 0 nitrogen and oxygen atoms in total. The summed E-state index contributed by atoms with van der Waals surface area (Å²) in [6.45, 7) is 8.24. The number of benzene rings is 1. The summed E-state index contributed by atoms with van der Waals surface area (Å²) in [7, 11) is 0. The highest BCUT2D eigenvalue weighted by molar-refractivity contribution is 9.12. The average molecular weight is 368 g/mol. The van der Waals surface area contributed by atoms with Gasteiger partial charge in [-0.3, -0.25) is 0 Å². The van der Waals surface area contributed by atoms with Gasteiger partial charge >= 0.3 is 0 Å². The monoisotopic (exact) mass is 366 g/mol. The van der Waals surface area contributed by atoms with Crippen LogP contribution in [0.15, 0.2) is 57.5 Å². The maximum absolute atomic E-state index is 4.13. The first-order valence-electron chi connectivity index (χ1n) is 6.06. The maximum atomic E-state index is 4.13. The molecule has 1 aromatic rings. The minimum Gasteiger partial charge on any atom is -0.0958 e. The molecule has 0 radical (unpaired) electrons. The van der Waals surface area contributed by atoms with Gasteiger partial charge in [-0.15, -0.1) is 0 Å². The van der Waals surface area contributed by atoms with Gasteiger partial charge in [-0.2, -0.15) is 0 Å². The smallest absolute Gasteiger partial charge is 0.0210 e. The summed E-state index contributed by atoms with van der Waals surface area (Å²) in [5, 5.41) is 0. The van der Waals surface area contributed by atoms with Crippen molar-refractivity contribution in [3.05, 3.63) is 68.7 Å². The molecule has 2 aliphatic rings. The number of rotatable bonds is 0. The summed E-state index contributed by atoms with van der Waals surface area (Å²) >= 11 is 7.25. The normalized spacial score (nSPS) is 20.0. The molecular formula is C16H16Br2. The molecule has 0 spiro atoms. The van der Waals surface area contributed by atoms with E-state index in [0.29, 0.717) is 0 Å². The molecular weight excluding hydrogens is 352 g/mol. The van der Waals surface area contributed by atoms with Gasteiger partial charge in [0.25, 0.3) is 0 Å². The highest BCUT2D eigenvalue weighted by atomic mass is 79.9. The van der Waals surface area contributed by atoms with Gasteiger partial charge in [0.1, 0.15) is 0 Å². The number of hydrogen-bond donors (Lipinski definition) is 0. The molecule has 2 aliphatic carbocycles. The fourth-order valence-corrected chi connectivity index (χ4v) is 3.16. The zero-order valence-corrected chi connectivity index (χ0v) is 13.5. The molecule has 18 heavy (non-hydrogen) atoms. The molecule has 0 saturated heterocycles. The molecule has 0 unspecified atom stereocenters. The summed E-state index contributed by atoms with van der Waals surface area (Å²) in [4.78, 5) is 0. The molecule has 0 aromatic heterocycles. The maximum Gasteiger partial charge on any atom is 0.0210 e. The molecule has 0 fully saturated rings. The van der Waals surface area contributed by atoms with Crippen molar-refractivity contribution < 1.29 is 0 Å². The van der Waals surface area contributed by atoms with Crippen LogP contribution in [-0.2, 0) is 12.8 Å². The van der Waals surface area contributed by atoms with Gasteiger partial charge in [-0.25, -0.2) is 0 Å². The van der Waals surface area contributed by atoms with Crippen LogP contribution in [0, 0.1) is 0 Å². The zero-order valence-electron chi connectivity index (χ0n) is 10.3. The third-order valence-electron chi connectivity index (χ3n) is 3.22. The SMILES string of the molecule is C=C1/C=C(/Br)C(=C)CCc2ccc(c(Br)c2)CC1. The van der Waals surface area contributed by atoms with E-state index in [1.165, 1.54) is 15.6 Å². The highest BCUT2D eigenvalue weighted by Gasteiger charge is 2.07. The van der Waals surface area contributed by atoms with E-state index < -0.39 is 0 Å². The van der Waals surface area contributed by atoms with Crippen molar-refractivity contribution in [2.45, 2.75) is 25.7 Å². The molecule has 0 amide bonds. The number of fused-ring (bicyclic) bond motifs is 8. The molecule has 2 bridgehead atoms. The molecule has 94 valence electrons. The average Bonchev–Trinajstić information content (AvgIpc) is 2.33. The highest BCUT2D eigenvalue weighted by Crippen LogP contribution is 2.27. The molecule has 0 aliphatic heterocycles. The third-order valence-corrected chi connectivity index (χ3v) is 4.74. The standard InChI is InChI=1S/C16H16Br2/c1-11-3-7-14-8-6-13(10-16(14)18)5-4-12(2)15(17)9-11/h6,8-10H,1-5,7H2/b15-9+. The van der Waals surface area contributed by atoms with Crippen LogP contribution < -0.4 is 0 Å². The van der Waals surface area contributed by atoms with Crippen molar-refractivity contribution in [3.8, 4) is 0 Å². The molecule has 1 aromatic carbocycles. The quantitative estimate of drug-likeness (QED) is 0.550. The summed E-state index contributed by atoms with van der Waals surface area (Å²) in [6, 6.07) is 6.66. The van der Waals surface area contributed by atoms with Crippen molar-refractivity contribution in [1.29, 1.82) is 0 Å². The first-order chi connectivity index (χ1) is 8.56. The third kappa shape index (κ3) is 3.46. The fourth-order valence-electron chi connectivity index (χ4n) is 2.01. The Labute approximate surface area is 126 Å². The van der Waals surface area contributed by atoms with Crippen LogP contribution in [0.4, 0.5) is 0 Å². The van der Waals surface area contributed by atoms with Gasteiger partial charge in [0.15, 0.2) is 0 Å². The summed E-state index contributed by atoms with van der Waals surface area (Å²) < 4.78 is 2.30. The van der Waals surface area contributed by atoms with Gasteiger partial charge in [-0.1, -0.05) is 62.7 Å². The van der Waals surface area contributed by atoms with Crippen LogP contribution in [-0.4, -0.2) is 0 Å². The minimum atomic E-state index is 0.968. The van der Waals surface area contributed by atoms with Crippen LogP contribution in [0.3, 0.4) is 0 Å². The Hall–Kier alpha value is -0.600. The van der Waals surface area contributed by atoms with Crippen LogP contribution in [0.2, 0.25) is 0 Å². The Morgan fingerprint density at radius 1 is 0.944 bits per heavy atom. The lowest BCUT2D eigenvalue weighted by Gasteiger charge is -2.12. The van der Waals surface area contributed by atoms with E-state index >= 15 is 0 Å². The first kappa shape index (κ1) is 13.8. The van der Waals surface area contributed by atoms with E-state index in [1.807, 2.05) is 0 Å². The van der Waals surface area contributed by atoms with E-state index in [2.05, 4.69) is 69.3 Å². The Morgan fingerprint density at radius 3 is 2.44 bits per heavy atom. The van der Waals surface area contributed by atoms with Crippen molar-refractivity contribution in [3.63, 3.8) is 0 Å². The molecule has 0 N–H and O–H groups in total. The predicted octanol–water partition coefficient (Wildman–Crippen LogP) is 5.72. The Balaban J connectivity index is 2.33. The second-order valence-corrected chi connectivity index (χ2v) is 6.39. The van der Waals surface area contributed by atoms with E-state index in [9.17, 15) is 0 Å². The van der Waals surface area contributed by atoms with Crippen LogP contribution >= 0.6 is 31.9 Å². The van der Waals surface area contributed by atoms with Crippen molar-refractivity contribution in [2.75, 3.05) is 0 Å². The summed E-state index contributed by atoms with van der Waals surface area (Å²) in [5.41, 5.74) is 4.98. The molecule has 2 heteroatoms. The Kier molecular flexibility index (Phi) is 4.63. The van der Waals surface area contributed by atoms with Gasteiger partial charge in [0.2, 0.25) is 0 Å². The summed E-state index contributed by atoms with van der Waals surface area (Å²) in [5.74, 6) is 0. The molecule has 0 heterocycles. The molecule has 3 rings (SSSR count). The van der Waals surface area contributed by atoms with Crippen LogP contribution in [0.5, 0.6) is 0 Å². The molecule has 0 atom stereocenters. The van der Waals surface area contributed by atoms with Crippen LogP contribution in [0.25, 0.3) is 0 Å². The Morgan fingerprint density at radius 2 is 1.72 bits per heavy atom. The lowest BCUT2D eigenvalue weighted by Crippen LogP contribution is -1.95. The van der Waals surface area contributed by atoms with Crippen LogP contribution in [0.1, 0.15) is 24.0 Å². The summed E-state index contributed by atoms with van der Waals surface area (Å²) in [6.07, 6.45) is 6.08. The second-order valence-electron chi connectivity index (χ2n) is 4.68. The van der Waals surface area contributed by atoms with Gasteiger partial charge in [-0.05, 0) is 54.5 Å². The Bertz CT molecular complexity index is 524. The predicted molar refractivity (Wildman–Crippen MR) is 86.1 cm³/mol. The van der Waals surface area contributed by atoms with E-state index in [-0.39, 0.29) is 0 Å². The lowest BCUT2D eigenvalue weighted by molar-refractivity contribution is 0.931. The van der Waals surface area contributed by atoms with Crippen molar-refractivity contribution >= 4 is 31.9 Å². The number of aryl methyl sites for hydroxylation is 2. The van der Waals surface area contributed by atoms with E-state index in [1.54, 1.807) is 0 Å². The van der Waals surface area contributed by atoms with E-state index in [4.69, 9.17) is 0 Å². The zero-order chi connectivity index (χ0) is 13.1. The fraction of sp³-hybridized carbons (Fsp3) is 0.250. The van der Waals surface area contributed by atoms with Gasteiger partial charge in [0, 0.05) is 8.96 Å². The second kappa shape index (κ2) is 6.03. The van der Waals surface area contributed by atoms with Crippen molar-refractivity contribution in [2.24, 2.45) is 0 Å². The topological polar surface area (TPSA) is 0 Å². The number of hydrogen-bond acceptors (Lipinski definition) is 0. The van der Waals surface area contributed by atoms with Crippen molar-refractivity contribution in [1.82, 2.24) is 0 Å². The molecule has 0 saturated carbocycles. The number of allylic oxidation sites excluding steroid dienone is 4. The minimum absolute atomic E-state index is 0.968. The lowest BCUT2D eigenvalue weighted by atomic mass is 9.98. The van der Waals surface area contributed by atoms with E-state index in [0.717, 1.165) is 41.3 Å². The van der Waals surface area contributed by atoms with Gasteiger partial charge < -0.3 is 0 Å². The first-order valence-corrected chi connectivity index (χ1v) is 7.65.